The van der Waals surface area contributed by atoms with E-state index in [1.165, 1.54) is 24.3 Å². The average molecular weight is 454 g/mol. The predicted molar refractivity (Wildman–Crippen MR) is 96.5 cm³/mol. The smallest absolute Gasteiger partial charge is 0.389 e. The van der Waals surface area contributed by atoms with Crippen LogP contribution in [0.5, 0.6) is 0 Å². The summed E-state index contributed by atoms with van der Waals surface area (Å²) in [6.07, 6.45) is 0.812. The molecule has 1 aromatic carbocycles. The molecule has 1 amide bonds. The summed E-state index contributed by atoms with van der Waals surface area (Å²) in [4.78, 5) is 23.9. The highest BCUT2D eigenvalue weighted by atomic mass is 33.6. The normalized spacial score (nSPS) is 12.9. The molecule has 28 heavy (non-hydrogen) atoms. The third kappa shape index (κ3) is 4.91. The summed E-state index contributed by atoms with van der Waals surface area (Å²) in [5.41, 5.74) is 4.61. The largest absolute Gasteiger partial charge is 0.465 e. The number of hydrogen-bond donors (Lipinski definition) is 4. The van der Waals surface area contributed by atoms with Crippen LogP contribution in [0.1, 0.15) is 11.1 Å². The second kappa shape index (κ2) is 8.05. The van der Waals surface area contributed by atoms with Crippen LogP contribution < -0.4 is 15.6 Å². The van der Waals surface area contributed by atoms with Gasteiger partial charge in [-0.25, -0.2) is 14.7 Å². The summed E-state index contributed by atoms with van der Waals surface area (Å²) in [5.74, 6) is -3.51. The number of carbonyl (C=O) groups excluding carboxylic acids is 2. The molecule has 1 rings (SSSR count). The molecule has 6 N–H and O–H groups in total. The Balaban J connectivity index is 3.44. The first-order valence-electron chi connectivity index (χ1n) is 6.73. The van der Waals surface area contributed by atoms with Gasteiger partial charge in [-0.2, -0.15) is 25.3 Å². The summed E-state index contributed by atoms with van der Waals surface area (Å²) in [5, 5.41) is 11.7. The van der Waals surface area contributed by atoms with Crippen molar-refractivity contribution in [1.29, 1.82) is 5.41 Å². The maximum Gasteiger partial charge on any atom is 0.389 e. The van der Waals surface area contributed by atoms with Crippen LogP contribution in [0.25, 0.3) is 6.08 Å². The van der Waals surface area contributed by atoms with Crippen LogP contribution in [0.3, 0.4) is 0 Å². The zero-order valence-electron chi connectivity index (χ0n) is 13.9. The highest BCUT2D eigenvalue weighted by Crippen LogP contribution is 2.13. The van der Waals surface area contributed by atoms with Crippen LogP contribution in [0.4, 0.5) is 0 Å². The van der Waals surface area contributed by atoms with Crippen molar-refractivity contribution in [3.05, 3.63) is 41.0 Å². The second-order valence-electron chi connectivity index (χ2n) is 4.88. The Morgan fingerprint density at radius 1 is 1.14 bits per heavy atom. The third-order valence-corrected chi connectivity index (χ3v) is 11.4. The highest BCUT2D eigenvalue weighted by molar-refractivity contribution is 8.98. The molecule has 1 aromatic rings. The number of esters is 1. The molecule has 13 nitrogen and oxygen atoms in total. The van der Waals surface area contributed by atoms with Gasteiger partial charge in [-0.1, -0.05) is 18.2 Å². The van der Waals surface area contributed by atoms with E-state index in [-0.39, 0.29) is 17.0 Å². The van der Waals surface area contributed by atoms with Gasteiger partial charge in [0.25, 0.3) is 5.91 Å². The Kier molecular flexibility index (Phi) is 6.67. The molecule has 0 heterocycles. The van der Waals surface area contributed by atoms with Gasteiger partial charge in [0.1, 0.15) is 11.4 Å². The zero-order valence-corrected chi connectivity index (χ0v) is 16.4. The Bertz CT molecular complexity index is 1180. The highest BCUT2D eigenvalue weighted by Gasteiger charge is 2.42. The van der Waals surface area contributed by atoms with Crippen molar-refractivity contribution in [3.8, 4) is 0 Å². The molecule has 154 valence electrons. The summed E-state index contributed by atoms with van der Waals surface area (Å²) in [6.45, 7) is 0. The van der Waals surface area contributed by atoms with Gasteiger partial charge in [-0.15, -0.1) is 0 Å². The van der Waals surface area contributed by atoms with E-state index in [4.69, 9.17) is 11.1 Å². The van der Waals surface area contributed by atoms with Gasteiger partial charge in [-0.05, 0) is 17.7 Å². The molecule has 0 saturated carbocycles. The molecule has 0 fully saturated rings. The van der Waals surface area contributed by atoms with E-state index < -0.39 is 43.5 Å². The molecule has 0 aliphatic carbocycles. The lowest BCUT2D eigenvalue weighted by Gasteiger charge is -2.08. The quantitative estimate of drug-likeness (QED) is 0.0643. The first kappa shape index (κ1) is 23.2. The van der Waals surface area contributed by atoms with Crippen molar-refractivity contribution < 1.29 is 39.6 Å². The number of amides is 1. The van der Waals surface area contributed by atoms with E-state index in [1.54, 1.807) is 0 Å². The lowest BCUT2D eigenvalue weighted by molar-refractivity contribution is -0.137. The second-order valence-corrected chi connectivity index (χ2v) is 13.8. The van der Waals surface area contributed by atoms with Crippen LogP contribution in [0.2, 0.25) is 0 Å². The van der Waals surface area contributed by atoms with Crippen molar-refractivity contribution in [2.75, 3.05) is 7.11 Å². The molecule has 0 aromatic heterocycles. The molecule has 0 radical (unpaired) electrons. The van der Waals surface area contributed by atoms with Gasteiger partial charge in [0.15, 0.2) is 0 Å². The molecule has 0 saturated heterocycles. The predicted octanol–water partition coefficient (Wildman–Crippen LogP) is -2.49. The molecule has 0 unspecified atom stereocenters. The monoisotopic (exact) mass is 454 g/mol. The van der Waals surface area contributed by atoms with E-state index in [0.717, 1.165) is 17.9 Å². The van der Waals surface area contributed by atoms with Gasteiger partial charge < -0.3 is 10.5 Å². The standard InChI is InChI=1S/C12H14N4O9S3/c1-25-12(18)9(6-7-3-2-4-8(5-7)10(13)14)11(17)16-27(21,22)28(23,24)26(15,19)20/h2-6H,1H3,(H3,13,14)(H,16,17)(H2,15,19,20)/b9-6-. The fourth-order valence-electron chi connectivity index (χ4n) is 1.63. The number of amidine groups is 1. The molecule has 0 aliphatic heterocycles. The fourth-order valence-corrected chi connectivity index (χ4v) is 6.16. The number of nitrogens with one attached hydrogen (secondary N) is 2. The van der Waals surface area contributed by atoms with E-state index >= 15 is 0 Å². The van der Waals surface area contributed by atoms with Gasteiger partial charge in [0, 0.05) is 5.56 Å². The lowest BCUT2D eigenvalue weighted by Crippen LogP contribution is -2.42. The Morgan fingerprint density at radius 3 is 2.18 bits per heavy atom. The van der Waals surface area contributed by atoms with Crippen LogP contribution in [0.15, 0.2) is 29.8 Å². The van der Waals surface area contributed by atoms with Crippen LogP contribution >= 0.6 is 0 Å². The first-order chi connectivity index (χ1) is 12.6. The minimum Gasteiger partial charge on any atom is -0.465 e. The van der Waals surface area contributed by atoms with E-state index in [2.05, 4.69) is 9.88 Å². The van der Waals surface area contributed by atoms with Crippen molar-refractivity contribution >= 4 is 49.8 Å². The first-order valence-corrected chi connectivity index (χ1v) is 12.3. The van der Waals surface area contributed by atoms with Crippen LogP contribution in [0, 0.1) is 5.41 Å². The SMILES string of the molecule is COC(=O)/C(=C\c1cccc(C(=N)N)c1)C(=O)NS(=O)(=O)S(=O)(=O)S(N)(=O)=O. The number of hydrogen-bond acceptors (Lipinski definition) is 10. The molecule has 0 aliphatic rings. The average Bonchev–Trinajstić information content (AvgIpc) is 2.57. The van der Waals surface area contributed by atoms with Gasteiger partial charge in [0.2, 0.25) is 0 Å². The summed E-state index contributed by atoms with van der Waals surface area (Å²) in [6, 6.07) is 5.44. The van der Waals surface area contributed by atoms with Crippen molar-refractivity contribution in [1.82, 2.24) is 4.72 Å². The van der Waals surface area contributed by atoms with Gasteiger partial charge in [-0.3, -0.25) is 10.2 Å². The summed E-state index contributed by atoms with van der Waals surface area (Å²) >= 11 is 0. The molecule has 0 atom stereocenters. The van der Waals surface area contributed by atoms with Gasteiger partial charge >= 0.3 is 32.0 Å². The topological polar surface area (TPSA) is 234 Å². The summed E-state index contributed by atoms with van der Waals surface area (Å²) in [7, 11) is -16.7. The van der Waals surface area contributed by atoms with Crippen molar-refractivity contribution in [3.63, 3.8) is 0 Å². The van der Waals surface area contributed by atoms with Gasteiger partial charge in [0.05, 0.1) is 7.11 Å². The summed E-state index contributed by atoms with van der Waals surface area (Å²) < 4.78 is 73.5. The lowest BCUT2D eigenvalue weighted by atomic mass is 10.1. The minimum absolute atomic E-state index is 0.0925. The maximum atomic E-state index is 12.1. The Morgan fingerprint density at radius 2 is 1.71 bits per heavy atom. The molecular weight excluding hydrogens is 440 g/mol. The number of ether oxygens (including phenoxy) is 1. The van der Waals surface area contributed by atoms with Crippen molar-refractivity contribution in [2.24, 2.45) is 10.9 Å². The van der Waals surface area contributed by atoms with Crippen LogP contribution in [-0.2, 0) is 40.3 Å². The molecule has 16 heteroatoms. The number of carbonyl (C=O) groups is 2. The number of benzene rings is 1. The third-order valence-electron chi connectivity index (χ3n) is 2.93. The number of nitrogen functional groups attached to an aromatic ring is 1. The molecule has 0 spiro atoms. The van der Waals surface area contributed by atoms with Crippen LogP contribution in [-0.4, -0.2) is 50.1 Å². The van der Waals surface area contributed by atoms with E-state index in [9.17, 15) is 34.8 Å². The van der Waals surface area contributed by atoms with E-state index in [1.807, 2.05) is 0 Å². The Hall–Kier alpha value is -2.82. The van der Waals surface area contributed by atoms with E-state index in [0.29, 0.717) is 0 Å². The maximum absolute atomic E-state index is 12.1. The number of rotatable bonds is 7. The zero-order chi connectivity index (χ0) is 21.9. The van der Waals surface area contributed by atoms with Crippen molar-refractivity contribution in [2.45, 2.75) is 0 Å². The molecule has 0 bridgehead atoms. The Labute approximate surface area is 158 Å². The molecular formula is C12H14N4O9S3. The number of methoxy groups -OCH3 is 1. The number of nitrogens with two attached hydrogens (primary N) is 2. The fraction of sp³-hybridized carbons (Fsp3) is 0.0833. The minimum atomic E-state index is -6.06.